The summed E-state index contributed by atoms with van der Waals surface area (Å²) in [5, 5.41) is 1.00. The van der Waals surface area contributed by atoms with E-state index in [2.05, 4.69) is 26.9 Å². The van der Waals surface area contributed by atoms with Crippen LogP contribution in [-0.2, 0) is 0 Å². The van der Waals surface area contributed by atoms with Crippen molar-refractivity contribution < 1.29 is 13.2 Å². The van der Waals surface area contributed by atoms with Gasteiger partial charge in [0.1, 0.15) is 23.5 Å². The summed E-state index contributed by atoms with van der Waals surface area (Å²) in [4.78, 5) is 14.0. The molecule has 3 heterocycles. The Morgan fingerprint density at radius 1 is 1.28 bits per heavy atom. The first-order valence-electron chi connectivity index (χ1n) is 8.36. The summed E-state index contributed by atoms with van der Waals surface area (Å²) in [6.45, 7) is 1.50. The highest BCUT2D eigenvalue weighted by Crippen LogP contribution is 2.43. The van der Waals surface area contributed by atoms with Gasteiger partial charge in [0.25, 0.3) is 0 Å². The number of hydrogen-bond acceptors (Lipinski definition) is 5. The van der Waals surface area contributed by atoms with Gasteiger partial charge in [-0.1, -0.05) is 11.9 Å². The van der Waals surface area contributed by atoms with Gasteiger partial charge in [0.15, 0.2) is 0 Å². The minimum absolute atomic E-state index is 0.373. The van der Waals surface area contributed by atoms with Gasteiger partial charge in [-0.2, -0.15) is 13.2 Å². The van der Waals surface area contributed by atoms with E-state index in [-0.39, 0.29) is 0 Å². The molecule has 2 aliphatic rings. The summed E-state index contributed by atoms with van der Waals surface area (Å²) >= 11 is 0.927. The highest BCUT2D eigenvalue weighted by atomic mass is 32.2. The van der Waals surface area contributed by atoms with Crippen LogP contribution >= 0.6 is 11.9 Å². The van der Waals surface area contributed by atoms with Crippen molar-refractivity contribution in [1.29, 1.82) is 0 Å². The van der Waals surface area contributed by atoms with Gasteiger partial charge in [-0.15, -0.1) is 0 Å². The topological polar surface area (TPSA) is 48.1 Å². The number of halogens is 3. The number of nitrogens with zero attached hydrogens (tertiary/aromatic N) is 4. The number of hydrogen-bond donors (Lipinski definition) is 1. The van der Waals surface area contributed by atoms with Crippen LogP contribution in [-0.4, -0.2) is 57.4 Å². The van der Waals surface area contributed by atoms with Gasteiger partial charge < -0.3 is 9.88 Å². The number of fused-ring (bicyclic) bond motifs is 2. The molecule has 9 heteroatoms. The number of alkyl halides is 3. The standard InChI is InChI=1S/C16H20F3N5S/c1-23(15-13-2-3-20-14(13)21-9-22-15)12-4-10-6-24(7-11(10)5-12)25-8-16(17,18)19/h2-3,9-12H,4-8H2,1H3,(H,20,21,22)/t10-,11+,12+. The van der Waals surface area contributed by atoms with Crippen LogP contribution in [0, 0.1) is 11.8 Å². The quantitative estimate of drug-likeness (QED) is 0.836. The molecule has 0 spiro atoms. The highest BCUT2D eigenvalue weighted by Gasteiger charge is 2.43. The van der Waals surface area contributed by atoms with Crippen molar-refractivity contribution in [3.05, 3.63) is 18.6 Å². The maximum absolute atomic E-state index is 12.4. The predicted octanol–water partition coefficient (Wildman–Crippen LogP) is 3.32. The normalized spacial score (nSPS) is 27.1. The van der Waals surface area contributed by atoms with Crippen LogP contribution in [0.5, 0.6) is 0 Å². The molecule has 1 saturated heterocycles. The summed E-state index contributed by atoms with van der Waals surface area (Å²) in [6.07, 6.45) is 1.33. The second kappa shape index (κ2) is 6.35. The molecule has 0 radical (unpaired) electrons. The van der Waals surface area contributed by atoms with Crippen LogP contribution in [0.3, 0.4) is 0 Å². The Hall–Kier alpha value is -1.48. The van der Waals surface area contributed by atoms with Crippen molar-refractivity contribution in [3.8, 4) is 0 Å². The second-order valence-electron chi connectivity index (χ2n) is 6.93. The Morgan fingerprint density at radius 2 is 2.00 bits per heavy atom. The zero-order valence-electron chi connectivity index (χ0n) is 13.8. The summed E-state index contributed by atoms with van der Waals surface area (Å²) < 4.78 is 39.1. The monoisotopic (exact) mass is 371 g/mol. The molecular weight excluding hydrogens is 351 g/mol. The fraction of sp³-hybridized carbons (Fsp3) is 0.625. The highest BCUT2D eigenvalue weighted by molar-refractivity contribution is 7.97. The van der Waals surface area contributed by atoms with Gasteiger partial charge in [-0.25, -0.2) is 14.3 Å². The molecule has 4 rings (SSSR count). The van der Waals surface area contributed by atoms with E-state index in [0.29, 0.717) is 17.9 Å². The molecule has 1 N–H and O–H groups in total. The van der Waals surface area contributed by atoms with Crippen molar-refractivity contribution in [1.82, 2.24) is 19.3 Å². The molecule has 5 nitrogen and oxygen atoms in total. The molecule has 2 aromatic rings. The largest absolute Gasteiger partial charge is 0.399 e. The Balaban J connectivity index is 1.39. The van der Waals surface area contributed by atoms with E-state index in [1.165, 1.54) is 0 Å². The minimum Gasteiger partial charge on any atom is -0.356 e. The lowest BCUT2D eigenvalue weighted by Crippen LogP contribution is -2.32. The lowest BCUT2D eigenvalue weighted by molar-refractivity contribution is -0.105. The molecule has 1 aliphatic carbocycles. The number of rotatable bonds is 4. The summed E-state index contributed by atoms with van der Waals surface area (Å²) in [5.74, 6) is 1.07. The summed E-state index contributed by atoms with van der Waals surface area (Å²) in [7, 11) is 2.05. The maximum atomic E-state index is 12.4. The minimum atomic E-state index is -4.10. The molecule has 2 fully saturated rings. The summed E-state index contributed by atoms with van der Waals surface area (Å²) in [5.41, 5.74) is 0.824. The molecular formula is C16H20F3N5S. The van der Waals surface area contributed by atoms with E-state index in [9.17, 15) is 13.2 Å². The Bertz CT molecular complexity index is 735. The smallest absolute Gasteiger partial charge is 0.356 e. The summed E-state index contributed by atoms with van der Waals surface area (Å²) in [6, 6.07) is 2.35. The van der Waals surface area contributed by atoms with Crippen LogP contribution in [0.15, 0.2) is 18.6 Å². The third kappa shape index (κ3) is 3.44. The van der Waals surface area contributed by atoms with E-state index in [1.54, 1.807) is 6.33 Å². The molecule has 2 aromatic heterocycles. The second-order valence-corrected chi connectivity index (χ2v) is 7.99. The van der Waals surface area contributed by atoms with Gasteiger partial charge in [0.05, 0.1) is 5.39 Å². The fourth-order valence-electron chi connectivity index (χ4n) is 4.12. The van der Waals surface area contributed by atoms with E-state index >= 15 is 0 Å². The van der Waals surface area contributed by atoms with Crippen molar-refractivity contribution in [2.75, 3.05) is 30.8 Å². The van der Waals surface area contributed by atoms with Gasteiger partial charge in [0.2, 0.25) is 0 Å². The Kier molecular flexibility index (Phi) is 4.31. The fourth-order valence-corrected chi connectivity index (χ4v) is 5.05. The zero-order chi connectivity index (χ0) is 17.6. The van der Waals surface area contributed by atoms with Gasteiger partial charge in [0, 0.05) is 32.4 Å². The molecule has 0 aromatic carbocycles. The molecule has 0 unspecified atom stereocenters. The average molecular weight is 371 g/mol. The lowest BCUT2D eigenvalue weighted by Gasteiger charge is -2.27. The lowest BCUT2D eigenvalue weighted by atomic mass is 10.0. The van der Waals surface area contributed by atoms with Gasteiger partial charge in [-0.3, -0.25) is 0 Å². The van der Waals surface area contributed by atoms with E-state index < -0.39 is 11.9 Å². The number of nitrogens with one attached hydrogen (secondary N) is 1. The van der Waals surface area contributed by atoms with E-state index in [1.807, 2.05) is 16.6 Å². The molecule has 0 bridgehead atoms. The van der Waals surface area contributed by atoms with Crippen LogP contribution in [0.4, 0.5) is 19.0 Å². The number of H-pyrrole nitrogens is 1. The molecule has 0 amide bonds. The SMILES string of the molecule is CN(c1ncnc2[nH]ccc12)[C@H]1C[C@@H]2CN(SCC(F)(F)F)C[C@@H]2C1. The number of aromatic amines is 1. The van der Waals surface area contributed by atoms with Crippen LogP contribution in [0.1, 0.15) is 12.8 Å². The molecule has 3 atom stereocenters. The predicted molar refractivity (Wildman–Crippen MR) is 92.4 cm³/mol. The van der Waals surface area contributed by atoms with Crippen molar-refractivity contribution in [2.24, 2.45) is 11.8 Å². The van der Waals surface area contributed by atoms with E-state index in [4.69, 9.17) is 0 Å². The molecule has 136 valence electrons. The first-order valence-corrected chi connectivity index (χ1v) is 9.30. The molecule has 25 heavy (non-hydrogen) atoms. The third-order valence-electron chi connectivity index (χ3n) is 5.32. The third-order valence-corrected chi connectivity index (χ3v) is 6.44. The van der Waals surface area contributed by atoms with Crippen molar-refractivity contribution in [3.63, 3.8) is 0 Å². The molecule has 1 aliphatic heterocycles. The van der Waals surface area contributed by atoms with Crippen molar-refractivity contribution in [2.45, 2.75) is 25.1 Å². The van der Waals surface area contributed by atoms with E-state index in [0.717, 1.165) is 54.7 Å². The Morgan fingerprint density at radius 3 is 2.68 bits per heavy atom. The Labute approximate surface area is 148 Å². The van der Waals surface area contributed by atoms with Gasteiger partial charge in [-0.05, 0) is 30.7 Å². The van der Waals surface area contributed by atoms with Crippen LogP contribution in [0.2, 0.25) is 0 Å². The first kappa shape index (κ1) is 17.0. The molecule has 1 saturated carbocycles. The number of aromatic nitrogens is 3. The maximum Gasteiger partial charge on any atom is 0.399 e. The van der Waals surface area contributed by atoms with Gasteiger partial charge >= 0.3 is 6.18 Å². The number of anilines is 1. The van der Waals surface area contributed by atoms with Crippen molar-refractivity contribution >= 4 is 28.8 Å². The zero-order valence-corrected chi connectivity index (χ0v) is 14.6. The van der Waals surface area contributed by atoms with Crippen LogP contribution < -0.4 is 4.90 Å². The van der Waals surface area contributed by atoms with Crippen LogP contribution in [0.25, 0.3) is 11.0 Å². The first-order chi connectivity index (χ1) is 11.9. The average Bonchev–Trinajstić information content (AvgIpc) is 3.24.